The number of hydrogen-bond acceptors (Lipinski definition) is 3. The Morgan fingerprint density at radius 3 is 2.78 bits per heavy atom. The van der Waals surface area contributed by atoms with Gasteiger partial charge in [-0.25, -0.2) is 8.42 Å². The SMILES string of the molecule is CC(c1ccccn1)C(Cl)C1CCCCS1(=O)=O. The lowest BCUT2D eigenvalue weighted by Gasteiger charge is -2.29. The van der Waals surface area contributed by atoms with Gasteiger partial charge in [-0.15, -0.1) is 11.6 Å². The van der Waals surface area contributed by atoms with E-state index in [1.807, 2.05) is 25.1 Å². The monoisotopic (exact) mass is 287 g/mol. The molecule has 0 saturated carbocycles. The number of pyridine rings is 1. The van der Waals surface area contributed by atoms with Gasteiger partial charge in [-0.2, -0.15) is 0 Å². The van der Waals surface area contributed by atoms with Crippen LogP contribution in [0.2, 0.25) is 0 Å². The van der Waals surface area contributed by atoms with Crippen LogP contribution < -0.4 is 0 Å². The summed E-state index contributed by atoms with van der Waals surface area (Å²) < 4.78 is 24.1. The third kappa shape index (κ3) is 2.86. The van der Waals surface area contributed by atoms with Crippen molar-refractivity contribution in [1.82, 2.24) is 4.98 Å². The summed E-state index contributed by atoms with van der Waals surface area (Å²) in [6.45, 7) is 1.95. The molecule has 2 rings (SSSR count). The largest absolute Gasteiger partial charge is 0.261 e. The van der Waals surface area contributed by atoms with Gasteiger partial charge in [-0.3, -0.25) is 4.98 Å². The Balaban J connectivity index is 2.18. The maximum atomic E-state index is 12.1. The molecule has 0 amide bonds. The van der Waals surface area contributed by atoms with Crippen LogP contribution in [0.4, 0.5) is 0 Å². The number of aromatic nitrogens is 1. The third-order valence-corrected chi connectivity index (χ3v) is 6.76. The van der Waals surface area contributed by atoms with Crippen LogP contribution in [0.1, 0.15) is 37.8 Å². The molecule has 1 fully saturated rings. The van der Waals surface area contributed by atoms with Crippen LogP contribution in [-0.2, 0) is 9.84 Å². The first-order chi connectivity index (χ1) is 8.52. The van der Waals surface area contributed by atoms with Gasteiger partial charge in [-0.05, 0) is 25.0 Å². The summed E-state index contributed by atoms with van der Waals surface area (Å²) in [6, 6.07) is 5.64. The average Bonchev–Trinajstić information content (AvgIpc) is 2.37. The molecule has 1 aliphatic rings. The second kappa shape index (κ2) is 5.57. The Kier molecular flexibility index (Phi) is 4.28. The first kappa shape index (κ1) is 13.8. The first-order valence-corrected chi connectivity index (χ1v) is 8.44. The molecule has 0 aliphatic carbocycles. The average molecular weight is 288 g/mol. The zero-order chi connectivity index (χ0) is 13.2. The van der Waals surface area contributed by atoms with E-state index in [4.69, 9.17) is 11.6 Å². The van der Waals surface area contributed by atoms with E-state index in [-0.39, 0.29) is 11.7 Å². The smallest absolute Gasteiger partial charge is 0.154 e. The molecule has 3 unspecified atom stereocenters. The minimum Gasteiger partial charge on any atom is -0.261 e. The second-order valence-electron chi connectivity index (χ2n) is 4.89. The van der Waals surface area contributed by atoms with E-state index in [1.165, 1.54) is 0 Å². The van der Waals surface area contributed by atoms with Crippen molar-refractivity contribution in [3.63, 3.8) is 0 Å². The fraction of sp³-hybridized carbons (Fsp3) is 0.615. The molecule has 5 heteroatoms. The predicted molar refractivity (Wildman–Crippen MR) is 73.7 cm³/mol. The highest BCUT2D eigenvalue weighted by Gasteiger charge is 2.37. The Morgan fingerprint density at radius 2 is 2.17 bits per heavy atom. The van der Waals surface area contributed by atoms with Crippen molar-refractivity contribution in [2.45, 2.75) is 42.7 Å². The number of hydrogen-bond donors (Lipinski definition) is 0. The second-order valence-corrected chi connectivity index (χ2v) is 7.73. The van der Waals surface area contributed by atoms with Crippen LogP contribution >= 0.6 is 11.6 Å². The Morgan fingerprint density at radius 1 is 1.39 bits per heavy atom. The van der Waals surface area contributed by atoms with Crippen LogP contribution in [0.15, 0.2) is 24.4 Å². The molecule has 1 aliphatic heterocycles. The molecule has 3 atom stereocenters. The molecule has 3 nitrogen and oxygen atoms in total. The molecule has 0 N–H and O–H groups in total. The summed E-state index contributed by atoms with van der Waals surface area (Å²) in [6.07, 6.45) is 4.10. The van der Waals surface area contributed by atoms with Gasteiger partial charge in [0.05, 0.1) is 16.4 Å². The van der Waals surface area contributed by atoms with Crippen molar-refractivity contribution in [2.24, 2.45) is 0 Å². The fourth-order valence-electron chi connectivity index (χ4n) is 2.47. The molecule has 1 aromatic rings. The number of alkyl halides is 1. The molecule has 100 valence electrons. The topological polar surface area (TPSA) is 47.0 Å². The molecule has 1 saturated heterocycles. The zero-order valence-corrected chi connectivity index (χ0v) is 12.0. The quantitative estimate of drug-likeness (QED) is 0.803. The molecule has 2 heterocycles. The maximum absolute atomic E-state index is 12.1. The highest BCUT2D eigenvalue weighted by Crippen LogP contribution is 2.33. The normalized spacial score (nSPS) is 26.4. The van der Waals surface area contributed by atoms with Gasteiger partial charge >= 0.3 is 0 Å². The van der Waals surface area contributed by atoms with Gasteiger partial charge < -0.3 is 0 Å². The van der Waals surface area contributed by atoms with Gasteiger partial charge in [-0.1, -0.05) is 19.4 Å². The molecular formula is C13H18ClNO2S. The summed E-state index contributed by atoms with van der Waals surface area (Å²) in [7, 11) is -3.04. The van der Waals surface area contributed by atoms with Crippen LogP contribution in [0.5, 0.6) is 0 Å². The molecule has 1 aromatic heterocycles. The van der Waals surface area contributed by atoms with E-state index in [0.29, 0.717) is 6.42 Å². The van der Waals surface area contributed by atoms with E-state index in [9.17, 15) is 8.42 Å². The van der Waals surface area contributed by atoms with Gasteiger partial charge in [0.1, 0.15) is 0 Å². The highest BCUT2D eigenvalue weighted by molar-refractivity contribution is 7.92. The number of sulfone groups is 1. The molecule has 18 heavy (non-hydrogen) atoms. The minimum atomic E-state index is -3.04. The number of halogens is 1. The highest BCUT2D eigenvalue weighted by atomic mass is 35.5. The van der Waals surface area contributed by atoms with E-state index >= 15 is 0 Å². The van der Waals surface area contributed by atoms with Crippen molar-refractivity contribution < 1.29 is 8.42 Å². The summed E-state index contributed by atoms with van der Waals surface area (Å²) in [5.41, 5.74) is 0.860. The minimum absolute atomic E-state index is 0.0502. The van der Waals surface area contributed by atoms with Crippen LogP contribution in [0.3, 0.4) is 0 Å². The van der Waals surface area contributed by atoms with Gasteiger partial charge in [0.15, 0.2) is 9.84 Å². The van der Waals surface area contributed by atoms with Crippen molar-refractivity contribution >= 4 is 21.4 Å². The number of rotatable bonds is 3. The Labute approximate surface area is 113 Å². The van der Waals surface area contributed by atoms with Crippen LogP contribution in [-0.4, -0.2) is 29.8 Å². The van der Waals surface area contributed by atoms with Crippen LogP contribution in [0.25, 0.3) is 0 Å². The standard InChI is InChI=1S/C13H18ClNO2S/c1-10(11-6-2-4-8-15-11)13(14)12-7-3-5-9-18(12,16)17/h2,4,6,8,10,12-13H,3,5,7,9H2,1H3. The van der Waals surface area contributed by atoms with Crippen molar-refractivity contribution in [3.8, 4) is 0 Å². The van der Waals surface area contributed by atoms with Crippen LogP contribution in [0, 0.1) is 0 Å². The Hall–Kier alpha value is -0.610. The lowest BCUT2D eigenvalue weighted by Crippen LogP contribution is -2.38. The van der Waals surface area contributed by atoms with E-state index in [2.05, 4.69) is 4.98 Å². The summed E-state index contributed by atoms with van der Waals surface area (Å²) in [5, 5.41) is -0.824. The van der Waals surface area contributed by atoms with Crippen molar-refractivity contribution in [1.29, 1.82) is 0 Å². The third-order valence-electron chi connectivity index (χ3n) is 3.62. The van der Waals surface area contributed by atoms with E-state index in [1.54, 1.807) is 6.20 Å². The van der Waals surface area contributed by atoms with Gasteiger partial charge in [0.2, 0.25) is 0 Å². The summed E-state index contributed by atoms with van der Waals surface area (Å²) in [5.74, 6) is 0.223. The predicted octanol–water partition coefficient (Wildman–Crippen LogP) is 2.76. The molecule has 0 radical (unpaired) electrons. The van der Waals surface area contributed by atoms with E-state index < -0.39 is 20.5 Å². The molecule has 0 spiro atoms. The van der Waals surface area contributed by atoms with Crippen molar-refractivity contribution in [3.05, 3.63) is 30.1 Å². The summed E-state index contributed by atoms with van der Waals surface area (Å²) >= 11 is 6.41. The molecule has 0 aromatic carbocycles. The lowest BCUT2D eigenvalue weighted by molar-refractivity contribution is 0.510. The van der Waals surface area contributed by atoms with Gasteiger partial charge in [0, 0.05) is 17.8 Å². The maximum Gasteiger partial charge on any atom is 0.154 e. The zero-order valence-electron chi connectivity index (χ0n) is 10.4. The molecular weight excluding hydrogens is 270 g/mol. The Bertz CT molecular complexity index is 489. The fourth-order valence-corrected chi connectivity index (χ4v) is 5.26. The van der Waals surface area contributed by atoms with Gasteiger partial charge in [0.25, 0.3) is 0 Å². The number of nitrogens with zero attached hydrogens (tertiary/aromatic N) is 1. The van der Waals surface area contributed by atoms with E-state index in [0.717, 1.165) is 18.5 Å². The first-order valence-electron chi connectivity index (χ1n) is 6.29. The lowest BCUT2D eigenvalue weighted by atomic mass is 9.97. The summed E-state index contributed by atoms with van der Waals surface area (Å²) in [4.78, 5) is 4.26. The van der Waals surface area contributed by atoms with Crippen molar-refractivity contribution in [2.75, 3.05) is 5.75 Å². The molecule has 0 bridgehead atoms.